The number of hydrogen-bond donors (Lipinski definition) is 0. The number of halogens is 2. The molecule has 0 spiro atoms. The van der Waals surface area contributed by atoms with Gasteiger partial charge in [0, 0.05) is 23.7 Å². The number of fused-ring (bicyclic) bond motifs is 2. The normalized spacial score (nSPS) is 21.9. The van der Waals surface area contributed by atoms with Gasteiger partial charge in [0.2, 0.25) is 0 Å². The summed E-state index contributed by atoms with van der Waals surface area (Å²) in [7, 11) is 7.85. The Morgan fingerprint density at radius 1 is 0.579 bits per heavy atom. The predicted octanol–water partition coefficient (Wildman–Crippen LogP) is 9.53. The van der Waals surface area contributed by atoms with E-state index in [4.69, 9.17) is 17.0 Å². The van der Waals surface area contributed by atoms with Gasteiger partial charge >= 0.3 is 37.9 Å². The number of allylic oxidation sites excluding steroid dienone is 8. The van der Waals surface area contributed by atoms with Crippen molar-refractivity contribution in [3.63, 3.8) is 0 Å². The second kappa shape index (κ2) is 12.3. The number of rotatable bonds is 4. The zero-order valence-electron chi connectivity index (χ0n) is 22.1. The second-order valence-electron chi connectivity index (χ2n) is 10.4. The zero-order valence-corrected chi connectivity index (χ0v) is 27.1. The summed E-state index contributed by atoms with van der Waals surface area (Å²) in [4.78, 5) is 0. The molecule has 0 bridgehead atoms. The van der Waals surface area contributed by atoms with E-state index >= 15 is 0 Å². The Labute approximate surface area is 250 Å². The van der Waals surface area contributed by atoms with Gasteiger partial charge in [-0.15, -0.1) is 0 Å². The van der Waals surface area contributed by atoms with Crippen molar-refractivity contribution in [2.45, 2.75) is 26.9 Å². The van der Waals surface area contributed by atoms with E-state index < -0.39 is 28.9 Å². The summed E-state index contributed by atoms with van der Waals surface area (Å²) in [5, 5.41) is 0. The first kappa shape index (κ1) is 28.6. The fourth-order valence-electron chi connectivity index (χ4n) is 6.40. The van der Waals surface area contributed by atoms with Gasteiger partial charge in [-0.1, -0.05) is 124 Å². The Kier molecular flexibility index (Phi) is 9.26. The number of benzene rings is 2. The monoisotopic (exact) mass is 626 g/mol. The van der Waals surface area contributed by atoms with Crippen molar-refractivity contribution in [1.82, 2.24) is 0 Å². The SMILES string of the molecule is C[C]1[CH][C]2[C](C=CC=C2c2ccccc2)[C]1[Si](C)(C)[C]1[C](C)[CH][C]2[C]1C=CC=C2c1ccccc1.[Cl][Zr+2][Cl]. The van der Waals surface area contributed by atoms with Gasteiger partial charge in [-0.25, -0.2) is 0 Å². The Hall–Kier alpha value is -0.920. The molecule has 186 valence electrons. The summed E-state index contributed by atoms with van der Waals surface area (Å²) in [5.41, 5.74) is 8.39. The molecule has 0 saturated heterocycles. The molecule has 0 atom stereocenters. The molecule has 2 saturated carbocycles. The van der Waals surface area contributed by atoms with E-state index in [1.54, 1.807) is 11.1 Å². The first-order valence-electron chi connectivity index (χ1n) is 12.8. The molecule has 0 heterocycles. The van der Waals surface area contributed by atoms with E-state index in [2.05, 4.69) is 137 Å². The molecule has 2 aromatic carbocycles. The van der Waals surface area contributed by atoms with Crippen LogP contribution in [0.5, 0.6) is 0 Å². The maximum atomic E-state index is 4.93. The van der Waals surface area contributed by atoms with Gasteiger partial charge in [-0.2, -0.15) is 0 Å². The topological polar surface area (TPSA) is 0 Å². The molecule has 0 N–H and O–H groups in total. The van der Waals surface area contributed by atoms with Crippen molar-refractivity contribution >= 4 is 36.2 Å². The van der Waals surface area contributed by atoms with Crippen LogP contribution < -0.4 is 0 Å². The molecule has 2 fully saturated rings. The molecular formula is C34H30Cl2SiZr+2. The molecule has 4 heteroatoms. The van der Waals surface area contributed by atoms with Gasteiger partial charge in [-0.3, -0.25) is 0 Å². The molecule has 0 amide bonds. The van der Waals surface area contributed by atoms with Gasteiger partial charge in [-0.05, 0) is 58.0 Å². The van der Waals surface area contributed by atoms with Crippen molar-refractivity contribution in [2.75, 3.05) is 0 Å². The third-order valence-corrected chi connectivity index (χ3v) is 11.5. The molecule has 2 aromatic rings. The minimum absolute atomic E-state index is 0.826. The van der Waals surface area contributed by atoms with Crippen molar-refractivity contribution in [3.05, 3.63) is 168 Å². The van der Waals surface area contributed by atoms with E-state index in [0.29, 0.717) is 0 Å². The second-order valence-corrected chi connectivity index (χ2v) is 18.3. The van der Waals surface area contributed by atoms with Gasteiger partial charge in [0.25, 0.3) is 0 Å². The van der Waals surface area contributed by atoms with E-state index in [-0.39, 0.29) is 0 Å². The van der Waals surface area contributed by atoms with Crippen LogP contribution >= 0.6 is 17.0 Å². The first-order chi connectivity index (χ1) is 18.4. The van der Waals surface area contributed by atoms with Crippen molar-refractivity contribution in [2.24, 2.45) is 0 Å². The van der Waals surface area contributed by atoms with E-state index in [9.17, 15) is 0 Å². The van der Waals surface area contributed by atoms with Crippen LogP contribution in [0.3, 0.4) is 0 Å². The molecule has 0 unspecified atom stereocenters. The summed E-state index contributed by atoms with van der Waals surface area (Å²) < 4.78 is 0. The van der Waals surface area contributed by atoms with Gasteiger partial charge in [0.15, 0.2) is 0 Å². The standard InChI is InChI=1S/C34H30Si.2ClH.Zr/c1-23-21-31-27(25-13-7-5-8-14-25)17-11-19-29(31)33(23)35(3,4)34-24(2)22-32-28(18-12-20-30(32)34)26-15-9-6-10-16-26;;;/h5-22H,1-4H3;2*1H;/q;;;+4/p-2. The van der Waals surface area contributed by atoms with E-state index in [1.165, 1.54) is 57.8 Å². The molecule has 4 aliphatic rings. The zero-order chi connectivity index (χ0) is 26.9. The van der Waals surface area contributed by atoms with E-state index in [0.717, 1.165) is 0 Å². The van der Waals surface area contributed by atoms with Crippen molar-refractivity contribution in [3.8, 4) is 0 Å². The Morgan fingerprint density at radius 2 is 0.947 bits per heavy atom. The molecule has 10 radical (unpaired) electrons. The van der Waals surface area contributed by atoms with Crippen molar-refractivity contribution in [1.29, 1.82) is 0 Å². The quantitative estimate of drug-likeness (QED) is 0.296. The number of hydrogen-bond acceptors (Lipinski definition) is 0. The van der Waals surface area contributed by atoms with Crippen LogP contribution in [0.25, 0.3) is 11.1 Å². The summed E-state index contributed by atoms with van der Waals surface area (Å²) in [6.45, 7) is 9.71. The van der Waals surface area contributed by atoms with Crippen LogP contribution in [0.1, 0.15) is 25.0 Å². The summed E-state index contributed by atoms with van der Waals surface area (Å²) in [5.74, 6) is 8.46. The molecule has 38 heavy (non-hydrogen) atoms. The fourth-order valence-corrected chi connectivity index (χ4v) is 10.6. The van der Waals surface area contributed by atoms with Gasteiger partial charge in [0.1, 0.15) is 0 Å². The first-order valence-corrected chi connectivity index (χ1v) is 22.2. The molecule has 0 nitrogen and oxygen atoms in total. The summed E-state index contributed by atoms with van der Waals surface area (Å²) >= 11 is -0.826. The Bertz CT molecular complexity index is 1120. The molecule has 0 aromatic heterocycles. The third-order valence-electron chi connectivity index (χ3n) is 7.68. The molecule has 6 rings (SSSR count). The van der Waals surface area contributed by atoms with Crippen LogP contribution in [0.15, 0.2) is 97.1 Å². The predicted molar refractivity (Wildman–Crippen MR) is 162 cm³/mol. The fraction of sp³-hybridized carbons (Fsp3) is 0.118. The van der Waals surface area contributed by atoms with E-state index in [1.807, 2.05) is 0 Å². The average Bonchev–Trinajstić information content (AvgIpc) is 3.46. The molecular weight excluding hydrogens is 599 g/mol. The summed E-state index contributed by atoms with van der Waals surface area (Å²) in [6, 6.07) is 21.6. The van der Waals surface area contributed by atoms with Crippen LogP contribution in [-0.2, 0) is 20.8 Å². The van der Waals surface area contributed by atoms with Crippen LogP contribution in [0, 0.1) is 59.4 Å². The van der Waals surface area contributed by atoms with Crippen molar-refractivity contribution < 1.29 is 20.8 Å². The summed E-state index contributed by atoms with van der Waals surface area (Å²) in [6.07, 6.45) is 18.6. The Morgan fingerprint density at radius 3 is 1.32 bits per heavy atom. The average molecular weight is 629 g/mol. The Balaban J connectivity index is 0.000000937. The van der Waals surface area contributed by atoms with Gasteiger partial charge in [0.05, 0.1) is 8.07 Å². The van der Waals surface area contributed by atoms with Gasteiger partial charge < -0.3 is 0 Å². The minimum atomic E-state index is -2.02. The van der Waals surface area contributed by atoms with Crippen LogP contribution in [0.4, 0.5) is 0 Å². The maximum absolute atomic E-state index is 4.93. The van der Waals surface area contributed by atoms with Crippen LogP contribution in [0.2, 0.25) is 13.1 Å². The molecule has 0 aliphatic heterocycles. The third kappa shape index (κ3) is 5.37. The van der Waals surface area contributed by atoms with Crippen LogP contribution in [-0.4, -0.2) is 8.07 Å². The molecule has 4 aliphatic carbocycles.